The number of hydrogen-bond donors (Lipinski definition) is 2. The van der Waals surface area contributed by atoms with E-state index in [1.807, 2.05) is 26.2 Å². The smallest absolute Gasteiger partial charge is 0.150 e. The zero-order valence-corrected chi connectivity index (χ0v) is 15.2. The zero-order chi connectivity index (χ0) is 17.7. The second kappa shape index (κ2) is 8.13. The van der Waals surface area contributed by atoms with Crippen LogP contribution < -0.4 is 5.32 Å². The Hall–Kier alpha value is -1.69. The summed E-state index contributed by atoms with van der Waals surface area (Å²) in [6.45, 7) is 1.60. The van der Waals surface area contributed by atoms with E-state index in [4.69, 9.17) is 4.52 Å². The Labute approximate surface area is 150 Å². The minimum absolute atomic E-state index is 0.0858. The highest BCUT2D eigenvalue weighted by Crippen LogP contribution is 2.47. The SMILES string of the molecule is CN(C)Cc1cc(CNC(c2ccccc2)C2(CO)CCCC2)no1. The summed E-state index contributed by atoms with van der Waals surface area (Å²) >= 11 is 0. The number of rotatable bonds is 8. The Morgan fingerprint density at radius 2 is 1.96 bits per heavy atom. The highest BCUT2D eigenvalue weighted by molar-refractivity contribution is 5.22. The number of aromatic nitrogens is 1. The van der Waals surface area contributed by atoms with E-state index in [1.165, 1.54) is 18.4 Å². The van der Waals surface area contributed by atoms with Gasteiger partial charge in [0.2, 0.25) is 0 Å². The molecule has 5 heteroatoms. The summed E-state index contributed by atoms with van der Waals surface area (Å²) in [6.07, 6.45) is 4.48. The normalized spacial score (nSPS) is 17.9. The van der Waals surface area contributed by atoms with Crippen LogP contribution in [0.3, 0.4) is 0 Å². The van der Waals surface area contributed by atoms with Crippen LogP contribution in [-0.2, 0) is 13.1 Å². The van der Waals surface area contributed by atoms with E-state index >= 15 is 0 Å². The fourth-order valence-corrected chi connectivity index (χ4v) is 3.98. The predicted octanol–water partition coefficient (Wildman–Crippen LogP) is 3.12. The van der Waals surface area contributed by atoms with Crippen LogP contribution in [0.1, 0.15) is 48.7 Å². The van der Waals surface area contributed by atoms with E-state index in [1.54, 1.807) is 0 Å². The second-order valence-corrected chi connectivity index (χ2v) is 7.47. The lowest BCUT2D eigenvalue weighted by molar-refractivity contribution is 0.0847. The molecule has 1 heterocycles. The van der Waals surface area contributed by atoms with Crippen LogP contribution in [0, 0.1) is 5.41 Å². The highest BCUT2D eigenvalue weighted by Gasteiger charge is 2.41. The number of hydrogen-bond acceptors (Lipinski definition) is 5. The molecule has 0 amide bonds. The van der Waals surface area contributed by atoms with E-state index in [0.717, 1.165) is 30.8 Å². The lowest BCUT2D eigenvalue weighted by atomic mass is 9.76. The van der Waals surface area contributed by atoms with Crippen molar-refractivity contribution < 1.29 is 9.63 Å². The first kappa shape index (κ1) is 18.1. The van der Waals surface area contributed by atoms with Crippen molar-refractivity contribution in [2.24, 2.45) is 5.41 Å². The van der Waals surface area contributed by atoms with Gasteiger partial charge in [-0.05, 0) is 32.5 Å². The predicted molar refractivity (Wildman–Crippen MR) is 97.9 cm³/mol. The van der Waals surface area contributed by atoms with Gasteiger partial charge in [-0.25, -0.2) is 0 Å². The molecule has 1 aliphatic carbocycles. The highest BCUT2D eigenvalue weighted by atomic mass is 16.5. The van der Waals surface area contributed by atoms with E-state index in [2.05, 4.69) is 39.6 Å². The molecule has 5 nitrogen and oxygen atoms in total. The maximum absolute atomic E-state index is 10.2. The molecule has 2 aromatic rings. The maximum Gasteiger partial charge on any atom is 0.150 e. The third kappa shape index (κ3) is 4.29. The summed E-state index contributed by atoms with van der Waals surface area (Å²) in [5.41, 5.74) is 2.05. The van der Waals surface area contributed by atoms with Crippen LogP contribution in [-0.4, -0.2) is 35.9 Å². The summed E-state index contributed by atoms with van der Waals surface area (Å²) in [4.78, 5) is 2.06. The van der Waals surface area contributed by atoms with Gasteiger partial charge in [0, 0.05) is 24.1 Å². The Morgan fingerprint density at radius 1 is 1.24 bits per heavy atom. The van der Waals surface area contributed by atoms with Gasteiger partial charge < -0.3 is 19.8 Å². The number of nitrogens with zero attached hydrogens (tertiary/aromatic N) is 2. The Bertz CT molecular complexity index is 648. The van der Waals surface area contributed by atoms with E-state index in [0.29, 0.717) is 6.54 Å². The summed E-state index contributed by atoms with van der Waals surface area (Å²) in [5.74, 6) is 0.871. The summed E-state index contributed by atoms with van der Waals surface area (Å²) in [7, 11) is 4.02. The van der Waals surface area contributed by atoms with Gasteiger partial charge in [0.15, 0.2) is 5.76 Å². The molecular weight excluding hydrogens is 314 g/mol. The molecule has 1 aromatic carbocycles. The molecule has 1 saturated carbocycles. The van der Waals surface area contributed by atoms with Crippen molar-refractivity contribution in [3.63, 3.8) is 0 Å². The lowest BCUT2D eigenvalue weighted by Crippen LogP contribution is -2.39. The number of nitrogens with one attached hydrogen (secondary N) is 1. The van der Waals surface area contributed by atoms with Crippen LogP contribution in [0.4, 0.5) is 0 Å². The van der Waals surface area contributed by atoms with Gasteiger partial charge in [0.05, 0.1) is 18.8 Å². The van der Waals surface area contributed by atoms with Gasteiger partial charge >= 0.3 is 0 Å². The molecule has 1 fully saturated rings. The Kier molecular flexibility index (Phi) is 5.89. The first-order chi connectivity index (χ1) is 12.1. The van der Waals surface area contributed by atoms with E-state index in [-0.39, 0.29) is 18.1 Å². The fraction of sp³-hybridized carbons (Fsp3) is 0.550. The Balaban J connectivity index is 1.75. The number of benzene rings is 1. The molecule has 0 spiro atoms. The quantitative estimate of drug-likeness (QED) is 0.771. The molecule has 0 aliphatic heterocycles. The molecule has 1 aromatic heterocycles. The zero-order valence-electron chi connectivity index (χ0n) is 15.2. The molecule has 2 N–H and O–H groups in total. The van der Waals surface area contributed by atoms with Crippen molar-refractivity contribution in [2.45, 2.75) is 44.8 Å². The molecule has 0 bridgehead atoms. The fourth-order valence-electron chi connectivity index (χ4n) is 3.98. The second-order valence-electron chi connectivity index (χ2n) is 7.47. The van der Waals surface area contributed by atoms with Crippen LogP contribution in [0.15, 0.2) is 40.9 Å². The average Bonchev–Trinajstić information content (AvgIpc) is 3.26. The van der Waals surface area contributed by atoms with Gasteiger partial charge in [-0.15, -0.1) is 0 Å². The molecular formula is C20H29N3O2. The van der Waals surface area contributed by atoms with Crippen molar-refractivity contribution in [3.05, 3.63) is 53.4 Å². The molecule has 25 heavy (non-hydrogen) atoms. The van der Waals surface area contributed by atoms with Gasteiger partial charge in [0.1, 0.15) is 0 Å². The molecule has 0 radical (unpaired) electrons. The van der Waals surface area contributed by atoms with Crippen LogP contribution in [0.2, 0.25) is 0 Å². The van der Waals surface area contributed by atoms with Crippen LogP contribution in [0.5, 0.6) is 0 Å². The van der Waals surface area contributed by atoms with Crippen molar-refractivity contribution in [3.8, 4) is 0 Å². The van der Waals surface area contributed by atoms with Crippen molar-refractivity contribution in [1.29, 1.82) is 0 Å². The van der Waals surface area contributed by atoms with Gasteiger partial charge in [-0.1, -0.05) is 48.3 Å². The van der Waals surface area contributed by atoms with Crippen molar-refractivity contribution >= 4 is 0 Å². The molecule has 0 saturated heterocycles. The van der Waals surface area contributed by atoms with Gasteiger partial charge in [-0.2, -0.15) is 0 Å². The molecule has 1 atom stereocenters. The standard InChI is InChI=1S/C20H29N3O2/c1-23(2)14-18-12-17(22-25-18)13-21-19(16-8-4-3-5-9-16)20(15-24)10-6-7-11-20/h3-5,8-9,12,19,21,24H,6-7,10-11,13-15H2,1-2H3. The largest absolute Gasteiger partial charge is 0.396 e. The Morgan fingerprint density at radius 3 is 2.60 bits per heavy atom. The molecule has 3 rings (SSSR count). The number of aliphatic hydroxyl groups excluding tert-OH is 1. The minimum atomic E-state index is -0.0858. The minimum Gasteiger partial charge on any atom is -0.396 e. The monoisotopic (exact) mass is 343 g/mol. The van der Waals surface area contributed by atoms with Crippen molar-refractivity contribution in [2.75, 3.05) is 20.7 Å². The molecule has 1 aliphatic rings. The van der Waals surface area contributed by atoms with E-state index < -0.39 is 0 Å². The maximum atomic E-state index is 10.2. The summed E-state index contributed by atoms with van der Waals surface area (Å²) in [6, 6.07) is 12.6. The summed E-state index contributed by atoms with van der Waals surface area (Å²) in [5, 5.41) is 18.0. The summed E-state index contributed by atoms with van der Waals surface area (Å²) < 4.78 is 5.41. The lowest BCUT2D eigenvalue weighted by Gasteiger charge is -2.37. The third-order valence-electron chi connectivity index (χ3n) is 5.23. The van der Waals surface area contributed by atoms with E-state index in [9.17, 15) is 5.11 Å². The average molecular weight is 343 g/mol. The number of aliphatic hydroxyl groups is 1. The van der Waals surface area contributed by atoms with Gasteiger partial charge in [-0.3, -0.25) is 0 Å². The van der Waals surface area contributed by atoms with Crippen LogP contribution in [0.25, 0.3) is 0 Å². The first-order valence-electron chi connectivity index (χ1n) is 9.11. The molecule has 136 valence electrons. The van der Waals surface area contributed by atoms with Crippen LogP contribution >= 0.6 is 0 Å². The molecule has 1 unspecified atom stereocenters. The van der Waals surface area contributed by atoms with Gasteiger partial charge in [0.25, 0.3) is 0 Å². The first-order valence-corrected chi connectivity index (χ1v) is 9.11. The third-order valence-corrected chi connectivity index (χ3v) is 5.23. The topological polar surface area (TPSA) is 61.5 Å². The van der Waals surface area contributed by atoms with Crippen molar-refractivity contribution in [1.82, 2.24) is 15.4 Å².